The summed E-state index contributed by atoms with van der Waals surface area (Å²) in [7, 11) is 1.95. The van der Waals surface area contributed by atoms with Gasteiger partial charge in [0.05, 0.1) is 16.3 Å². The standard InChI is InChI=1S/C16H26ClN3O/c1-16(2,21)12-19-7-9-20(10-8-19)15-13(11-18-3)5-4-6-14(15)17/h4-6,18,21H,7-12H2,1-3H3. The molecule has 2 N–H and O–H groups in total. The van der Waals surface area contributed by atoms with Gasteiger partial charge in [-0.05, 0) is 32.5 Å². The molecule has 1 saturated heterocycles. The van der Waals surface area contributed by atoms with Crippen LogP contribution < -0.4 is 10.2 Å². The lowest BCUT2D eigenvalue weighted by molar-refractivity contribution is 0.0345. The lowest BCUT2D eigenvalue weighted by atomic mass is 10.1. The summed E-state index contributed by atoms with van der Waals surface area (Å²) in [5.74, 6) is 0. The van der Waals surface area contributed by atoms with Crippen LogP contribution in [0.3, 0.4) is 0 Å². The van der Waals surface area contributed by atoms with Crippen LogP contribution in [0.25, 0.3) is 0 Å². The van der Waals surface area contributed by atoms with Gasteiger partial charge in [-0.15, -0.1) is 0 Å². The molecule has 1 aliphatic rings. The second kappa shape index (κ2) is 6.97. The minimum absolute atomic E-state index is 0.635. The summed E-state index contributed by atoms with van der Waals surface area (Å²) in [4.78, 5) is 4.67. The lowest BCUT2D eigenvalue weighted by Crippen LogP contribution is -2.50. The third-order valence-electron chi connectivity index (χ3n) is 3.74. The molecule has 0 radical (unpaired) electrons. The molecule has 0 saturated carbocycles. The van der Waals surface area contributed by atoms with Crippen molar-refractivity contribution in [2.75, 3.05) is 44.7 Å². The first-order valence-electron chi connectivity index (χ1n) is 7.52. The molecule has 0 bridgehead atoms. The van der Waals surface area contributed by atoms with Gasteiger partial charge < -0.3 is 15.3 Å². The van der Waals surface area contributed by atoms with Crippen molar-refractivity contribution in [3.63, 3.8) is 0 Å². The van der Waals surface area contributed by atoms with Crippen molar-refractivity contribution in [1.82, 2.24) is 10.2 Å². The average Bonchev–Trinajstić information content (AvgIpc) is 2.39. The van der Waals surface area contributed by atoms with E-state index in [1.54, 1.807) is 0 Å². The summed E-state index contributed by atoms with van der Waals surface area (Å²) in [5, 5.41) is 13.9. The third-order valence-corrected chi connectivity index (χ3v) is 4.04. The van der Waals surface area contributed by atoms with E-state index in [-0.39, 0.29) is 0 Å². The first-order valence-corrected chi connectivity index (χ1v) is 7.90. The number of para-hydroxylation sites is 1. The average molecular weight is 312 g/mol. The largest absolute Gasteiger partial charge is 0.389 e. The second-order valence-electron chi connectivity index (χ2n) is 6.35. The van der Waals surface area contributed by atoms with Gasteiger partial charge in [0.15, 0.2) is 0 Å². The van der Waals surface area contributed by atoms with Gasteiger partial charge in [0, 0.05) is 39.3 Å². The Morgan fingerprint density at radius 3 is 2.48 bits per heavy atom. The van der Waals surface area contributed by atoms with Gasteiger partial charge in [-0.2, -0.15) is 0 Å². The first-order chi connectivity index (χ1) is 9.90. The monoisotopic (exact) mass is 311 g/mol. The molecular weight excluding hydrogens is 286 g/mol. The van der Waals surface area contributed by atoms with Crippen LogP contribution in [0.15, 0.2) is 18.2 Å². The Kier molecular flexibility index (Phi) is 5.49. The zero-order chi connectivity index (χ0) is 15.5. The van der Waals surface area contributed by atoms with E-state index in [9.17, 15) is 5.11 Å². The van der Waals surface area contributed by atoms with Crippen molar-refractivity contribution in [2.24, 2.45) is 0 Å². The van der Waals surface area contributed by atoms with Crippen molar-refractivity contribution in [1.29, 1.82) is 0 Å². The molecule has 1 fully saturated rings. The number of hydrogen-bond donors (Lipinski definition) is 2. The highest BCUT2D eigenvalue weighted by molar-refractivity contribution is 6.33. The molecule has 1 aromatic carbocycles. The molecule has 118 valence electrons. The van der Waals surface area contributed by atoms with Crippen LogP contribution in [-0.4, -0.2) is 55.4 Å². The summed E-state index contributed by atoms with van der Waals surface area (Å²) in [6.45, 7) is 9.04. The molecule has 1 heterocycles. The topological polar surface area (TPSA) is 38.7 Å². The van der Waals surface area contributed by atoms with Crippen LogP contribution >= 0.6 is 11.6 Å². The quantitative estimate of drug-likeness (QED) is 0.872. The molecule has 21 heavy (non-hydrogen) atoms. The number of halogens is 1. The second-order valence-corrected chi connectivity index (χ2v) is 6.76. The lowest BCUT2D eigenvalue weighted by Gasteiger charge is -2.39. The van der Waals surface area contributed by atoms with E-state index in [2.05, 4.69) is 21.2 Å². The van der Waals surface area contributed by atoms with Gasteiger partial charge in [0.2, 0.25) is 0 Å². The molecule has 4 nitrogen and oxygen atoms in total. The van der Waals surface area contributed by atoms with E-state index in [0.717, 1.165) is 43.4 Å². The number of benzene rings is 1. The van der Waals surface area contributed by atoms with Gasteiger partial charge >= 0.3 is 0 Å². The van der Waals surface area contributed by atoms with Gasteiger partial charge in [-0.25, -0.2) is 0 Å². The maximum atomic E-state index is 9.93. The molecule has 5 heteroatoms. The predicted octanol–water partition coefficient (Wildman–Crippen LogP) is 1.95. The zero-order valence-corrected chi connectivity index (χ0v) is 14.0. The highest BCUT2D eigenvalue weighted by atomic mass is 35.5. The maximum absolute atomic E-state index is 9.93. The molecule has 0 amide bonds. The summed E-state index contributed by atoms with van der Waals surface area (Å²) >= 11 is 6.42. The molecule has 1 aromatic rings. The smallest absolute Gasteiger partial charge is 0.0718 e. The maximum Gasteiger partial charge on any atom is 0.0718 e. The van der Waals surface area contributed by atoms with E-state index in [4.69, 9.17) is 11.6 Å². The molecule has 0 aromatic heterocycles. The molecular formula is C16H26ClN3O. The SMILES string of the molecule is CNCc1cccc(Cl)c1N1CCN(CC(C)(C)O)CC1. The van der Waals surface area contributed by atoms with Gasteiger partial charge in [-0.3, -0.25) is 4.90 Å². The molecule has 2 rings (SSSR count). The van der Waals surface area contributed by atoms with Crippen LogP contribution in [0.2, 0.25) is 5.02 Å². The van der Waals surface area contributed by atoms with Crippen molar-refractivity contribution in [3.05, 3.63) is 28.8 Å². The van der Waals surface area contributed by atoms with Gasteiger partial charge in [0.25, 0.3) is 0 Å². The highest BCUT2D eigenvalue weighted by Crippen LogP contribution is 2.30. The van der Waals surface area contributed by atoms with E-state index in [0.29, 0.717) is 6.54 Å². The van der Waals surface area contributed by atoms with Crippen molar-refractivity contribution in [3.8, 4) is 0 Å². The first kappa shape index (κ1) is 16.6. The zero-order valence-electron chi connectivity index (χ0n) is 13.2. The summed E-state index contributed by atoms with van der Waals surface area (Å²) < 4.78 is 0. The summed E-state index contributed by atoms with van der Waals surface area (Å²) in [5.41, 5.74) is 1.75. The number of β-amino-alcohol motifs (C(OH)–C–C–N with tert-alkyl or cyclic N) is 1. The van der Waals surface area contributed by atoms with Gasteiger partial charge in [0.1, 0.15) is 0 Å². The Morgan fingerprint density at radius 2 is 1.90 bits per heavy atom. The number of nitrogens with zero attached hydrogens (tertiary/aromatic N) is 2. The van der Waals surface area contributed by atoms with Crippen LogP contribution in [0, 0.1) is 0 Å². The Labute approximate surface area is 132 Å². The molecule has 0 spiro atoms. The van der Waals surface area contributed by atoms with Crippen LogP contribution in [0.4, 0.5) is 5.69 Å². The normalized spacial score (nSPS) is 17.3. The molecule has 0 aliphatic carbocycles. The van der Waals surface area contributed by atoms with E-state index >= 15 is 0 Å². The molecule has 0 atom stereocenters. The van der Waals surface area contributed by atoms with Crippen molar-refractivity contribution >= 4 is 17.3 Å². The Bertz CT molecular complexity index is 465. The van der Waals surface area contributed by atoms with E-state index in [1.165, 1.54) is 5.56 Å². The number of anilines is 1. The van der Waals surface area contributed by atoms with E-state index < -0.39 is 5.60 Å². The van der Waals surface area contributed by atoms with Crippen molar-refractivity contribution in [2.45, 2.75) is 26.0 Å². The Hall–Kier alpha value is -0.810. The molecule has 0 unspecified atom stereocenters. The Balaban J connectivity index is 2.05. The molecule has 1 aliphatic heterocycles. The number of aliphatic hydroxyl groups is 1. The van der Waals surface area contributed by atoms with Crippen LogP contribution in [-0.2, 0) is 6.54 Å². The van der Waals surface area contributed by atoms with Crippen LogP contribution in [0.1, 0.15) is 19.4 Å². The fourth-order valence-corrected chi connectivity index (χ4v) is 3.24. The van der Waals surface area contributed by atoms with E-state index in [1.807, 2.05) is 33.0 Å². The highest BCUT2D eigenvalue weighted by Gasteiger charge is 2.24. The predicted molar refractivity (Wildman–Crippen MR) is 89.2 cm³/mol. The fraction of sp³-hybridized carbons (Fsp3) is 0.625. The number of piperazine rings is 1. The minimum Gasteiger partial charge on any atom is -0.389 e. The summed E-state index contributed by atoms with van der Waals surface area (Å²) in [6.07, 6.45) is 0. The number of hydrogen-bond acceptors (Lipinski definition) is 4. The Morgan fingerprint density at radius 1 is 1.24 bits per heavy atom. The van der Waals surface area contributed by atoms with Crippen LogP contribution in [0.5, 0.6) is 0 Å². The number of nitrogens with one attached hydrogen (secondary N) is 1. The number of rotatable bonds is 5. The van der Waals surface area contributed by atoms with Crippen molar-refractivity contribution < 1.29 is 5.11 Å². The third kappa shape index (κ3) is 4.58. The van der Waals surface area contributed by atoms with Gasteiger partial charge in [-0.1, -0.05) is 23.7 Å². The summed E-state index contributed by atoms with van der Waals surface area (Å²) in [6, 6.07) is 6.09. The minimum atomic E-state index is -0.635. The fourth-order valence-electron chi connectivity index (χ4n) is 2.92.